The molecular weight excluding hydrogens is 292 g/mol. The summed E-state index contributed by atoms with van der Waals surface area (Å²) in [5.74, 6) is -0.251. The molecule has 0 aliphatic heterocycles. The summed E-state index contributed by atoms with van der Waals surface area (Å²) in [7, 11) is 0. The van der Waals surface area contributed by atoms with Crippen molar-refractivity contribution in [1.29, 1.82) is 0 Å². The Morgan fingerprint density at radius 2 is 2.00 bits per heavy atom. The molecule has 0 saturated heterocycles. The average Bonchev–Trinajstić information content (AvgIpc) is 2.36. The van der Waals surface area contributed by atoms with Crippen molar-refractivity contribution >= 4 is 5.91 Å². The van der Waals surface area contributed by atoms with Crippen LogP contribution in [0.25, 0.3) is 0 Å². The van der Waals surface area contributed by atoms with Gasteiger partial charge in [-0.3, -0.25) is 4.79 Å². The summed E-state index contributed by atoms with van der Waals surface area (Å²) >= 11 is 0. The lowest BCUT2D eigenvalue weighted by atomic mass is 9.87. The van der Waals surface area contributed by atoms with Gasteiger partial charge >= 0.3 is 6.61 Å². The Balaban J connectivity index is 2.65. The van der Waals surface area contributed by atoms with Gasteiger partial charge in [0.25, 0.3) is 0 Å². The number of carbonyl (C=O) groups excluding carboxylic acids is 1. The summed E-state index contributed by atoms with van der Waals surface area (Å²) in [6.07, 6.45) is -0.769. The second kappa shape index (κ2) is 7.54. The van der Waals surface area contributed by atoms with Crippen molar-refractivity contribution in [2.24, 2.45) is 5.41 Å². The zero-order chi connectivity index (χ0) is 16.9. The number of alkyl halides is 2. The number of hydrogen-bond acceptors (Lipinski definition) is 3. The Bertz CT molecular complexity index is 500. The number of rotatable bonds is 6. The zero-order valence-electron chi connectivity index (χ0n) is 13.3. The van der Waals surface area contributed by atoms with Crippen molar-refractivity contribution in [1.82, 2.24) is 5.32 Å². The van der Waals surface area contributed by atoms with E-state index in [9.17, 15) is 18.7 Å². The van der Waals surface area contributed by atoms with Gasteiger partial charge in [-0.2, -0.15) is 8.78 Å². The van der Waals surface area contributed by atoms with Crippen molar-refractivity contribution in [3.05, 3.63) is 29.8 Å². The van der Waals surface area contributed by atoms with E-state index < -0.39 is 12.7 Å². The second-order valence-electron chi connectivity index (χ2n) is 6.33. The van der Waals surface area contributed by atoms with Crippen molar-refractivity contribution in [2.75, 3.05) is 0 Å². The van der Waals surface area contributed by atoms with Crippen LogP contribution in [0.15, 0.2) is 24.3 Å². The summed E-state index contributed by atoms with van der Waals surface area (Å²) < 4.78 is 28.7. The third kappa shape index (κ3) is 5.97. The zero-order valence-corrected chi connectivity index (χ0v) is 13.3. The monoisotopic (exact) mass is 315 g/mol. The van der Waals surface area contributed by atoms with E-state index in [2.05, 4.69) is 10.1 Å². The average molecular weight is 315 g/mol. The molecule has 124 valence electrons. The maximum atomic E-state index is 12.2. The Hall–Kier alpha value is -1.69. The molecule has 1 rings (SSSR count). The molecule has 0 bridgehead atoms. The number of nitrogens with one attached hydrogen (secondary N) is 1. The summed E-state index contributed by atoms with van der Waals surface area (Å²) in [6, 6.07) is 5.80. The Morgan fingerprint density at radius 3 is 2.55 bits per heavy atom. The van der Waals surface area contributed by atoms with Crippen LogP contribution >= 0.6 is 0 Å². The molecule has 1 aromatic carbocycles. The predicted octanol–water partition coefficient (Wildman–Crippen LogP) is 3.26. The van der Waals surface area contributed by atoms with Crippen LogP contribution < -0.4 is 10.1 Å². The molecule has 2 unspecified atom stereocenters. The number of aliphatic hydroxyl groups is 1. The normalized spacial score (nSPS) is 14.5. The fourth-order valence-electron chi connectivity index (χ4n) is 1.83. The van der Waals surface area contributed by atoms with Gasteiger partial charge in [-0.05, 0) is 30.0 Å². The first-order valence-electron chi connectivity index (χ1n) is 7.12. The van der Waals surface area contributed by atoms with Gasteiger partial charge in [-0.15, -0.1) is 0 Å². The molecule has 0 aliphatic carbocycles. The Morgan fingerprint density at radius 1 is 1.36 bits per heavy atom. The molecule has 6 heteroatoms. The number of aliphatic hydroxyl groups excluding tert-OH is 1. The van der Waals surface area contributed by atoms with Gasteiger partial charge in [0.1, 0.15) is 5.75 Å². The van der Waals surface area contributed by atoms with Crippen LogP contribution in [0.1, 0.15) is 45.7 Å². The third-order valence-corrected chi connectivity index (χ3v) is 3.34. The van der Waals surface area contributed by atoms with E-state index in [0.29, 0.717) is 5.56 Å². The molecular formula is C16H23F2NO3. The number of amides is 1. The molecule has 0 fully saturated rings. The molecule has 2 atom stereocenters. The smallest absolute Gasteiger partial charge is 0.387 e. The van der Waals surface area contributed by atoms with Gasteiger partial charge < -0.3 is 15.2 Å². The number of carbonyl (C=O) groups is 1. The molecule has 0 spiro atoms. The van der Waals surface area contributed by atoms with Crippen LogP contribution in [-0.4, -0.2) is 23.7 Å². The van der Waals surface area contributed by atoms with Crippen molar-refractivity contribution in [2.45, 2.75) is 52.9 Å². The Kier molecular flexibility index (Phi) is 6.29. The number of halogens is 2. The van der Waals surface area contributed by atoms with E-state index in [1.807, 2.05) is 20.8 Å². The fraction of sp³-hybridized carbons (Fsp3) is 0.562. The van der Waals surface area contributed by atoms with E-state index in [4.69, 9.17) is 0 Å². The predicted molar refractivity (Wildman–Crippen MR) is 79.7 cm³/mol. The van der Waals surface area contributed by atoms with Gasteiger partial charge in [0.15, 0.2) is 0 Å². The highest BCUT2D eigenvalue weighted by Gasteiger charge is 2.25. The first-order chi connectivity index (χ1) is 10.1. The summed E-state index contributed by atoms with van der Waals surface area (Å²) in [6.45, 7) is 4.39. The van der Waals surface area contributed by atoms with Crippen molar-refractivity contribution < 1.29 is 23.4 Å². The summed E-state index contributed by atoms with van der Waals surface area (Å²) in [5.41, 5.74) is 0.266. The van der Waals surface area contributed by atoms with Crippen LogP contribution in [-0.2, 0) is 4.79 Å². The molecule has 0 heterocycles. The Labute approximate surface area is 129 Å². The summed E-state index contributed by atoms with van der Waals surface area (Å²) in [5, 5.41) is 12.7. The number of ether oxygens (including phenoxy) is 1. The van der Waals surface area contributed by atoms with Crippen LogP contribution in [0.4, 0.5) is 8.78 Å². The fourth-order valence-corrected chi connectivity index (χ4v) is 1.83. The van der Waals surface area contributed by atoms with Crippen molar-refractivity contribution in [3.8, 4) is 5.75 Å². The molecule has 0 radical (unpaired) electrons. The first kappa shape index (κ1) is 18.4. The molecule has 0 aliphatic rings. The van der Waals surface area contributed by atoms with E-state index in [1.54, 1.807) is 19.1 Å². The quantitative estimate of drug-likeness (QED) is 0.847. The van der Waals surface area contributed by atoms with E-state index in [0.717, 1.165) is 0 Å². The standard InChI is InChI=1S/C16H23F2NO3/c1-10(19-14(21)9-13(20)16(2,3)4)11-6-5-7-12(8-11)22-15(17)18/h5-8,10,13,15,20H,9H2,1-4H3,(H,19,21). The van der Waals surface area contributed by atoms with E-state index in [-0.39, 0.29) is 29.5 Å². The lowest BCUT2D eigenvalue weighted by Gasteiger charge is -2.26. The highest BCUT2D eigenvalue weighted by atomic mass is 19.3. The minimum absolute atomic E-state index is 0.0128. The van der Waals surface area contributed by atoms with Crippen LogP contribution in [0.2, 0.25) is 0 Å². The SMILES string of the molecule is CC(NC(=O)CC(O)C(C)(C)C)c1cccc(OC(F)F)c1. The molecule has 4 nitrogen and oxygen atoms in total. The van der Waals surface area contributed by atoms with E-state index >= 15 is 0 Å². The molecule has 0 saturated carbocycles. The van der Waals surface area contributed by atoms with E-state index in [1.165, 1.54) is 12.1 Å². The lowest BCUT2D eigenvalue weighted by molar-refractivity contribution is -0.125. The maximum absolute atomic E-state index is 12.2. The topological polar surface area (TPSA) is 58.6 Å². The highest BCUT2D eigenvalue weighted by Crippen LogP contribution is 2.23. The van der Waals surface area contributed by atoms with Gasteiger partial charge in [-0.25, -0.2) is 0 Å². The third-order valence-electron chi connectivity index (χ3n) is 3.34. The molecule has 2 N–H and O–H groups in total. The minimum atomic E-state index is -2.89. The largest absolute Gasteiger partial charge is 0.435 e. The lowest BCUT2D eigenvalue weighted by Crippen LogP contribution is -2.35. The number of hydrogen-bond donors (Lipinski definition) is 2. The maximum Gasteiger partial charge on any atom is 0.387 e. The van der Waals surface area contributed by atoms with Gasteiger partial charge in [0.05, 0.1) is 18.6 Å². The number of benzene rings is 1. The molecule has 1 aromatic rings. The minimum Gasteiger partial charge on any atom is -0.435 e. The second-order valence-corrected chi connectivity index (χ2v) is 6.33. The molecule has 0 aromatic heterocycles. The highest BCUT2D eigenvalue weighted by molar-refractivity contribution is 5.77. The van der Waals surface area contributed by atoms with Gasteiger partial charge in [0.2, 0.25) is 5.91 Å². The van der Waals surface area contributed by atoms with Gasteiger partial charge in [-0.1, -0.05) is 32.9 Å². The molecule has 22 heavy (non-hydrogen) atoms. The molecule has 1 amide bonds. The first-order valence-corrected chi connectivity index (χ1v) is 7.12. The summed E-state index contributed by atoms with van der Waals surface area (Å²) in [4.78, 5) is 11.9. The van der Waals surface area contributed by atoms with Crippen LogP contribution in [0, 0.1) is 5.41 Å². The van der Waals surface area contributed by atoms with Crippen LogP contribution in [0.5, 0.6) is 5.75 Å². The van der Waals surface area contributed by atoms with Crippen LogP contribution in [0.3, 0.4) is 0 Å². The van der Waals surface area contributed by atoms with Gasteiger partial charge in [0, 0.05) is 0 Å². The van der Waals surface area contributed by atoms with Crippen molar-refractivity contribution in [3.63, 3.8) is 0 Å².